The third-order valence-electron chi connectivity index (χ3n) is 4.74. The maximum atomic E-state index is 4.30. The molecule has 0 amide bonds. The SMILES string of the molecule is CC.Cc1ccc2cncn2c1C1SC1C1CCCCC1. The van der Waals surface area contributed by atoms with Gasteiger partial charge >= 0.3 is 0 Å². The number of fused-ring (bicyclic) bond motifs is 1. The van der Waals surface area contributed by atoms with Crippen LogP contribution in [0.25, 0.3) is 5.52 Å². The molecule has 0 spiro atoms. The Labute approximate surface area is 132 Å². The van der Waals surface area contributed by atoms with E-state index >= 15 is 0 Å². The number of rotatable bonds is 2. The molecule has 1 saturated carbocycles. The fraction of sp³-hybridized carbons (Fsp3) is 0.611. The maximum Gasteiger partial charge on any atom is 0.0994 e. The van der Waals surface area contributed by atoms with Crippen LogP contribution in [0.4, 0.5) is 0 Å². The van der Waals surface area contributed by atoms with E-state index in [2.05, 4.69) is 40.2 Å². The summed E-state index contributed by atoms with van der Waals surface area (Å²) in [4.78, 5) is 4.30. The van der Waals surface area contributed by atoms with Crippen LogP contribution in [0.15, 0.2) is 24.7 Å². The Hall–Kier alpha value is -0.960. The van der Waals surface area contributed by atoms with Gasteiger partial charge in [0, 0.05) is 10.9 Å². The van der Waals surface area contributed by atoms with E-state index in [9.17, 15) is 0 Å². The Bertz CT molecular complexity index is 598. The molecule has 0 radical (unpaired) electrons. The zero-order chi connectivity index (χ0) is 14.8. The molecule has 114 valence electrons. The van der Waals surface area contributed by atoms with Crippen molar-refractivity contribution in [2.75, 3.05) is 0 Å². The van der Waals surface area contributed by atoms with Crippen molar-refractivity contribution >= 4 is 17.3 Å². The average Bonchev–Trinajstić information content (AvgIpc) is 3.18. The van der Waals surface area contributed by atoms with Gasteiger partial charge in [0.25, 0.3) is 0 Å². The minimum absolute atomic E-state index is 0.709. The summed E-state index contributed by atoms with van der Waals surface area (Å²) in [6.45, 7) is 6.24. The molecule has 1 aliphatic carbocycles. The van der Waals surface area contributed by atoms with E-state index in [1.165, 1.54) is 48.9 Å². The summed E-state index contributed by atoms with van der Waals surface area (Å²) in [5.41, 5.74) is 4.15. The van der Waals surface area contributed by atoms with Crippen LogP contribution >= 0.6 is 11.8 Å². The van der Waals surface area contributed by atoms with E-state index in [0.717, 1.165) is 11.2 Å². The van der Waals surface area contributed by atoms with Crippen molar-refractivity contribution in [2.45, 2.75) is 63.4 Å². The van der Waals surface area contributed by atoms with E-state index < -0.39 is 0 Å². The molecule has 3 heterocycles. The van der Waals surface area contributed by atoms with Crippen LogP contribution < -0.4 is 0 Å². The molecule has 2 atom stereocenters. The Morgan fingerprint density at radius 2 is 1.90 bits per heavy atom. The van der Waals surface area contributed by atoms with E-state index in [-0.39, 0.29) is 0 Å². The smallest absolute Gasteiger partial charge is 0.0994 e. The van der Waals surface area contributed by atoms with E-state index in [1.54, 1.807) is 0 Å². The van der Waals surface area contributed by atoms with Crippen molar-refractivity contribution in [2.24, 2.45) is 5.92 Å². The van der Waals surface area contributed by atoms with Gasteiger partial charge in [0.2, 0.25) is 0 Å². The molecule has 2 aromatic heterocycles. The molecule has 1 aliphatic heterocycles. The minimum Gasteiger partial charge on any atom is -0.302 e. The summed E-state index contributed by atoms with van der Waals surface area (Å²) < 4.78 is 2.30. The normalized spacial score (nSPS) is 25.5. The highest BCUT2D eigenvalue weighted by molar-refractivity contribution is 8.07. The topological polar surface area (TPSA) is 17.3 Å². The summed E-state index contributed by atoms with van der Waals surface area (Å²) in [5, 5.41) is 1.58. The highest BCUT2D eigenvalue weighted by atomic mass is 32.2. The Balaban J connectivity index is 0.000000636. The molecule has 3 heteroatoms. The molecule has 2 nitrogen and oxygen atoms in total. The molecule has 0 aromatic carbocycles. The molecule has 1 saturated heterocycles. The second kappa shape index (κ2) is 6.43. The monoisotopic (exact) mass is 302 g/mol. The molecular weight excluding hydrogens is 276 g/mol. The fourth-order valence-electron chi connectivity index (χ4n) is 3.64. The molecule has 2 aliphatic rings. The standard InChI is InChI=1S/C16H20N2S.C2H6/c1-11-7-8-13-9-17-10-18(13)14(11)16-15(19-16)12-5-3-2-4-6-12;1-2/h7-10,12,15-16H,2-6H2,1H3;1-2H3. The van der Waals surface area contributed by atoms with E-state index in [0.29, 0.717) is 5.25 Å². The largest absolute Gasteiger partial charge is 0.302 e. The van der Waals surface area contributed by atoms with Crippen LogP contribution in [0.1, 0.15) is 62.5 Å². The molecular formula is C18H26N2S. The van der Waals surface area contributed by atoms with Gasteiger partial charge in [0.1, 0.15) is 0 Å². The van der Waals surface area contributed by atoms with Crippen LogP contribution in [0.2, 0.25) is 0 Å². The van der Waals surface area contributed by atoms with Crippen LogP contribution in [-0.2, 0) is 0 Å². The zero-order valence-corrected chi connectivity index (χ0v) is 14.2. The predicted molar refractivity (Wildman–Crippen MR) is 92.0 cm³/mol. The first-order chi connectivity index (χ1) is 10.3. The molecule has 0 bridgehead atoms. The van der Waals surface area contributed by atoms with E-state index in [1.807, 2.05) is 26.4 Å². The molecule has 2 fully saturated rings. The predicted octanol–water partition coefficient (Wildman–Crippen LogP) is 5.41. The molecule has 21 heavy (non-hydrogen) atoms. The number of hydrogen-bond acceptors (Lipinski definition) is 2. The van der Waals surface area contributed by atoms with Crippen molar-refractivity contribution < 1.29 is 0 Å². The summed E-state index contributed by atoms with van der Waals surface area (Å²) in [6, 6.07) is 4.43. The Kier molecular flexibility index (Phi) is 4.58. The number of thioether (sulfide) groups is 1. The lowest BCUT2D eigenvalue weighted by molar-refractivity contribution is 0.360. The van der Waals surface area contributed by atoms with Gasteiger partial charge in [-0.3, -0.25) is 0 Å². The second-order valence-corrected chi connectivity index (χ2v) is 7.33. The number of aromatic nitrogens is 2. The van der Waals surface area contributed by atoms with Crippen LogP contribution in [0.5, 0.6) is 0 Å². The van der Waals surface area contributed by atoms with Crippen molar-refractivity contribution in [3.05, 3.63) is 35.9 Å². The minimum atomic E-state index is 0.709. The molecule has 0 N–H and O–H groups in total. The van der Waals surface area contributed by atoms with Crippen LogP contribution in [-0.4, -0.2) is 14.6 Å². The summed E-state index contributed by atoms with van der Waals surface area (Å²) in [6.07, 6.45) is 11.2. The quantitative estimate of drug-likeness (QED) is 0.690. The van der Waals surface area contributed by atoms with Crippen molar-refractivity contribution in [3.8, 4) is 0 Å². The van der Waals surface area contributed by atoms with Gasteiger partial charge in [0.05, 0.1) is 23.3 Å². The van der Waals surface area contributed by atoms with Gasteiger partial charge in [-0.15, -0.1) is 11.8 Å². The van der Waals surface area contributed by atoms with Crippen molar-refractivity contribution in [1.29, 1.82) is 0 Å². The first-order valence-electron chi connectivity index (χ1n) is 8.41. The maximum absolute atomic E-state index is 4.30. The van der Waals surface area contributed by atoms with Gasteiger partial charge in [-0.05, 0) is 37.3 Å². The van der Waals surface area contributed by atoms with Gasteiger partial charge in [-0.25, -0.2) is 4.98 Å². The van der Waals surface area contributed by atoms with Crippen molar-refractivity contribution in [1.82, 2.24) is 9.38 Å². The third-order valence-corrected chi connectivity index (χ3v) is 6.21. The number of hydrogen-bond donors (Lipinski definition) is 0. The highest BCUT2D eigenvalue weighted by Gasteiger charge is 2.46. The van der Waals surface area contributed by atoms with Gasteiger partial charge in [-0.1, -0.05) is 39.2 Å². The van der Waals surface area contributed by atoms with E-state index in [4.69, 9.17) is 0 Å². The molecule has 2 aromatic rings. The summed E-state index contributed by atoms with van der Waals surface area (Å²) >= 11 is 2.18. The first kappa shape index (κ1) is 15.0. The third kappa shape index (κ3) is 2.85. The number of pyridine rings is 1. The second-order valence-electron chi connectivity index (χ2n) is 6.01. The Morgan fingerprint density at radius 1 is 1.14 bits per heavy atom. The average molecular weight is 302 g/mol. The van der Waals surface area contributed by atoms with Crippen molar-refractivity contribution in [3.63, 3.8) is 0 Å². The van der Waals surface area contributed by atoms with Crippen LogP contribution in [0, 0.1) is 12.8 Å². The van der Waals surface area contributed by atoms with Crippen LogP contribution in [0.3, 0.4) is 0 Å². The lowest BCUT2D eigenvalue weighted by Gasteiger charge is -2.21. The number of imidazole rings is 1. The number of aryl methyl sites for hydroxylation is 1. The zero-order valence-electron chi connectivity index (χ0n) is 13.4. The fourth-order valence-corrected chi connectivity index (χ4v) is 5.16. The Morgan fingerprint density at radius 3 is 2.67 bits per heavy atom. The lowest BCUT2D eigenvalue weighted by atomic mass is 9.85. The number of nitrogens with zero attached hydrogens (tertiary/aromatic N) is 2. The summed E-state index contributed by atoms with van der Waals surface area (Å²) in [7, 11) is 0. The molecule has 2 unspecified atom stereocenters. The van der Waals surface area contributed by atoms with Gasteiger partial charge < -0.3 is 4.40 Å². The molecule has 4 rings (SSSR count). The highest BCUT2D eigenvalue weighted by Crippen LogP contribution is 2.61. The first-order valence-corrected chi connectivity index (χ1v) is 9.36. The lowest BCUT2D eigenvalue weighted by Crippen LogP contribution is -2.13. The van der Waals surface area contributed by atoms with Gasteiger partial charge in [0.15, 0.2) is 0 Å². The van der Waals surface area contributed by atoms with Gasteiger partial charge in [-0.2, -0.15) is 0 Å². The summed E-state index contributed by atoms with van der Waals surface area (Å²) in [5.74, 6) is 0.960.